The van der Waals surface area contributed by atoms with E-state index in [0.717, 1.165) is 0 Å². The van der Waals surface area contributed by atoms with Crippen LogP contribution in [0.1, 0.15) is 51.6 Å². The molecule has 0 bridgehead atoms. The molecular weight excluding hydrogens is 303 g/mol. The standard InChI is InChI=1S/C17H26Cl2N2/c1-12(2)21-9-4-5-15(8-10-21)20-13(3)14-6-7-16(18)17(19)11-14/h6-7,11-13,15,20H,4-5,8-10H2,1-3H3. The molecule has 1 aromatic carbocycles. The summed E-state index contributed by atoms with van der Waals surface area (Å²) in [5.74, 6) is 0. The summed E-state index contributed by atoms with van der Waals surface area (Å²) in [4.78, 5) is 2.57. The highest BCUT2D eigenvalue weighted by Crippen LogP contribution is 2.26. The zero-order valence-corrected chi connectivity index (χ0v) is 14.7. The fourth-order valence-corrected chi connectivity index (χ4v) is 3.34. The molecular formula is C17H26Cl2N2. The van der Waals surface area contributed by atoms with Crippen molar-refractivity contribution in [1.29, 1.82) is 0 Å². The number of hydrogen-bond acceptors (Lipinski definition) is 2. The van der Waals surface area contributed by atoms with Gasteiger partial charge in [0.05, 0.1) is 10.0 Å². The van der Waals surface area contributed by atoms with Gasteiger partial charge in [-0.25, -0.2) is 0 Å². The van der Waals surface area contributed by atoms with E-state index in [1.807, 2.05) is 12.1 Å². The molecule has 1 fully saturated rings. The van der Waals surface area contributed by atoms with Crippen molar-refractivity contribution in [3.05, 3.63) is 33.8 Å². The summed E-state index contributed by atoms with van der Waals surface area (Å²) in [5, 5.41) is 5.01. The Morgan fingerprint density at radius 3 is 2.52 bits per heavy atom. The Bertz CT molecular complexity index is 462. The molecule has 0 spiro atoms. The number of nitrogens with one attached hydrogen (secondary N) is 1. The molecule has 0 aromatic heterocycles. The van der Waals surface area contributed by atoms with Crippen LogP contribution in [0.4, 0.5) is 0 Å². The van der Waals surface area contributed by atoms with E-state index in [1.54, 1.807) is 0 Å². The molecule has 118 valence electrons. The topological polar surface area (TPSA) is 15.3 Å². The molecule has 2 nitrogen and oxygen atoms in total. The normalized spacial score (nSPS) is 22.3. The third kappa shape index (κ3) is 4.85. The molecule has 0 saturated carbocycles. The van der Waals surface area contributed by atoms with Gasteiger partial charge in [-0.1, -0.05) is 29.3 Å². The van der Waals surface area contributed by atoms with Crippen molar-refractivity contribution in [2.75, 3.05) is 13.1 Å². The summed E-state index contributed by atoms with van der Waals surface area (Å²) >= 11 is 12.1. The smallest absolute Gasteiger partial charge is 0.0595 e. The molecule has 1 saturated heterocycles. The Balaban J connectivity index is 1.93. The van der Waals surface area contributed by atoms with Crippen LogP contribution in [0.15, 0.2) is 18.2 Å². The lowest BCUT2D eigenvalue weighted by molar-refractivity contribution is 0.228. The van der Waals surface area contributed by atoms with E-state index in [2.05, 4.69) is 37.1 Å². The van der Waals surface area contributed by atoms with Crippen LogP contribution >= 0.6 is 23.2 Å². The van der Waals surface area contributed by atoms with E-state index in [1.165, 1.54) is 37.9 Å². The van der Waals surface area contributed by atoms with E-state index in [0.29, 0.717) is 28.2 Å². The van der Waals surface area contributed by atoms with Gasteiger partial charge in [0.15, 0.2) is 0 Å². The van der Waals surface area contributed by atoms with Gasteiger partial charge < -0.3 is 10.2 Å². The van der Waals surface area contributed by atoms with Crippen LogP contribution in [0.5, 0.6) is 0 Å². The summed E-state index contributed by atoms with van der Waals surface area (Å²) in [6.07, 6.45) is 3.72. The average molecular weight is 329 g/mol. The largest absolute Gasteiger partial charge is 0.307 e. The Kier molecular flexibility index (Phi) is 6.36. The van der Waals surface area contributed by atoms with Crippen molar-refractivity contribution in [2.24, 2.45) is 0 Å². The minimum absolute atomic E-state index is 0.301. The fraction of sp³-hybridized carbons (Fsp3) is 0.647. The number of halogens is 2. The van der Waals surface area contributed by atoms with Gasteiger partial charge in [0.25, 0.3) is 0 Å². The van der Waals surface area contributed by atoms with E-state index in [9.17, 15) is 0 Å². The lowest BCUT2D eigenvalue weighted by Gasteiger charge is -2.25. The van der Waals surface area contributed by atoms with Crippen LogP contribution in [0.2, 0.25) is 10.0 Å². The maximum Gasteiger partial charge on any atom is 0.0595 e. The Morgan fingerprint density at radius 2 is 1.86 bits per heavy atom. The summed E-state index contributed by atoms with van der Waals surface area (Å²) < 4.78 is 0. The molecule has 1 heterocycles. The van der Waals surface area contributed by atoms with Crippen molar-refractivity contribution < 1.29 is 0 Å². The van der Waals surface area contributed by atoms with Gasteiger partial charge >= 0.3 is 0 Å². The number of benzene rings is 1. The van der Waals surface area contributed by atoms with Crippen LogP contribution in [0, 0.1) is 0 Å². The van der Waals surface area contributed by atoms with Gasteiger partial charge in [-0.2, -0.15) is 0 Å². The van der Waals surface area contributed by atoms with Crippen LogP contribution in [-0.4, -0.2) is 30.1 Å². The summed E-state index contributed by atoms with van der Waals surface area (Å²) in [5.41, 5.74) is 1.20. The fourth-order valence-electron chi connectivity index (χ4n) is 3.03. The summed E-state index contributed by atoms with van der Waals surface area (Å²) in [7, 11) is 0. The summed E-state index contributed by atoms with van der Waals surface area (Å²) in [6.45, 7) is 9.17. The molecule has 21 heavy (non-hydrogen) atoms. The highest BCUT2D eigenvalue weighted by Gasteiger charge is 2.20. The Labute approximate surface area is 138 Å². The number of hydrogen-bond donors (Lipinski definition) is 1. The average Bonchev–Trinajstić information content (AvgIpc) is 2.67. The Hall–Kier alpha value is -0.280. The maximum atomic E-state index is 6.11. The predicted octanol–water partition coefficient (Wildman–Crippen LogP) is 4.91. The molecule has 2 atom stereocenters. The predicted molar refractivity (Wildman–Crippen MR) is 92.4 cm³/mol. The number of nitrogens with zero attached hydrogens (tertiary/aromatic N) is 1. The zero-order valence-electron chi connectivity index (χ0n) is 13.2. The quantitative estimate of drug-likeness (QED) is 0.844. The highest BCUT2D eigenvalue weighted by molar-refractivity contribution is 6.42. The first-order chi connectivity index (χ1) is 9.97. The summed E-state index contributed by atoms with van der Waals surface area (Å²) in [6, 6.07) is 7.44. The molecule has 1 aliphatic heterocycles. The minimum Gasteiger partial charge on any atom is -0.307 e. The first-order valence-corrected chi connectivity index (χ1v) is 8.68. The van der Waals surface area contributed by atoms with Crippen molar-refractivity contribution >= 4 is 23.2 Å². The molecule has 4 heteroatoms. The minimum atomic E-state index is 0.301. The lowest BCUT2D eigenvalue weighted by atomic mass is 10.0. The van der Waals surface area contributed by atoms with E-state index in [4.69, 9.17) is 23.2 Å². The van der Waals surface area contributed by atoms with E-state index >= 15 is 0 Å². The molecule has 2 unspecified atom stereocenters. The van der Waals surface area contributed by atoms with Crippen LogP contribution in [0.25, 0.3) is 0 Å². The first kappa shape index (κ1) is 17.1. The van der Waals surface area contributed by atoms with E-state index < -0.39 is 0 Å². The van der Waals surface area contributed by atoms with Gasteiger partial charge in [-0.15, -0.1) is 0 Å². The van der Waals surface area contributed by atoms with Crippen molar-refractivity contribution in [3.63, 3.8) is 0 Å². The van der Waals surface area contributed by atoms with Crippen LogP contribution < -0.4 is 5.32 Å². The zero-order chi connectivity index (χ0) is 15.4. The Morgan fingerprint density at radius 1 is 1.10 bits per heavy atom. The van der Waals surface area contributed by atoms with Crippen molar-refractivity contribution in [3.8, 4) is 0 Å². The molecule has 0 radical (unpaired) electrons. The molecule has 1 N–H and O–H groups in total. The van der Waals surface area contributed by atoms with Gasteiger partial charge in [0.2, 0.25) is 0 Å². The van der Waals surface area contributed by atoms with Gasteiger partial charge in [-0.05, 0) is 70.8 Å². The SMILES string of the molecule is CC(NC1CCCN(C(C)C)CC1)c1ccc(Cl)c(Cl)c1. The number of likely N-dealkylation sites (tertiary alicyclic amines) is 1. The third-order valence-electron chi connectivity index (χ3n) is 4.42. The molecule has 0 aliphatic carbocycles. The van der Waals surface area contributed by atoms with Gasteiger partial charge in [-0.3, -0.25) is 0 Å². The molecule has 1 aliphatic rings. The van der Waals surface area contributed by atoms with Crippen molar-refractivity contribution in [2.45, 2.75) is 58.2 Å². The van der Waals surface area contributed by atoms with Crippen molar-refractivity contribution in [1.82, 2.24) is 10.2 Å². The maximum absolute atomic E-state index is 6.11. The molecule has 1 aromatic rings. The molecule has 2 rings (SSSR count). The lowest BCUT2D eigenvalue weighted by Crippen LogP contribution is -2.35. The molecule has 0 amide bonds. The second-order valence-electron chi connectivity index (χ2n) is 6.32. The van der Waals surface area contributed by atoms with Crippen LogP contribution in [-0.2, 0) is 0 Å². The second kappa shape index (κ2) is 7.82. The van der Waals surface area contributed by atoms with Crippen LogP contribution in [0.3, 0.4) is 0 Å². The van der Waals surface area contributed by atoms with Gasteiger partial charge in [0, 0.05) is 18.1 Å². The van der Waals surface area contributed by atoms with Gasteiger partial charge in [0.1, 0.15) is 0 Å². The highest BCUT2D eigenvalue weighted by atomic mass is 35.5. The number of rotatable bonds is 4. The third-order valence-corrected chi connectivity index (χ3v) is 5.16. The van der Waals surface area contributed by atoms with E-state index in [-0.39, 0.29) is 0 Å². The monoisotopic (exact) mass is 328 g/mol. The second-order valence-corrected chi connectivity index (χ2v) is 7.13. The first-order valence-electron chi connectivity index (χ1n) is 7.92.